The lowest BCUT2D eigenvalue weighted by molar-refractivity contribution is -0.0493. The van der Waals surface area contributed by atoms with Gasteiger partial charge in [-0.2, -0.15) is 8.78 Å². The number of pyridine rings is 1. The number of hydrogen-bond acceptors (Lipinski definition) is 6. The topological polar surface area (TPSA) is 136 Å². The highest BCUT2D eigenvalue weighted by Crippen LogP contribution is 2.39. The molecule has 3 amide bonds. The minimum atomic E-state index is -3.17. The summed E-state index contributed by atoms with van der Waals surface area (Å²) in [5, 5.41) is 9.45. The number of halogens is 4. The zero-order valence-corrected chi connectivity index (χ0v) is 18.1. The van der Waals surface area contributed by atoms with Crippen LogP contribution in [-0.4, -0.2) is 34.6 Å². The Labute approximate surface area is 198 Å². The Morgan fingerprint density at radius 1 is 1.12 bits per heavy atom. The highest BCUT2D eigenvalue weighted by molar-refractivity contribution is 6.41. The van der Waals surface area contributed by atoms with Crippen LogP contribution in [0.25, 0.3) is 21.9 Å². The van der Waals surface area contributed by atoms with Gasteiger partial charge in [0.1, 0.15) is 5.58 Å². The third-order valence-corrected chi connectivity index (χ3v) is 5.31. The second kappa shape index (κ2) is 8.76. The molecule has 13 heteroatoms. The highest BCUT2D eigenvalue weighted by Gasteiger charge is 2.30. The van der Waals surface area contributed by atoms with Crippen LogP contribution in [0.1, 0.15) is 20.7 Å². The van der Waals surface area contributed by atoms with Crippen LogP contribution >= 0.6 is 23.2 Å². The maximum atomic E-state index is 13.2. The van der Waals surface area contributed by atoms with E-state index in [9.17, 15) is 28.3 Å². The van der Waals surface area contributed by atoms with Crippen LogP contribution in [0, 0.1) is 0 Å². The number of benzene rings is 2. The number of amides is 3. The molecule has 9 nitrogen and oxygen atoms in total. The summed E-state index contributed by atoms with van der Waals surface area (Å²) in [6, 6.07) is 6.04. The third kappa shape index (κ3) is 3.95. The zero-order valence-electron chi connectivity index (χ0n) is 16.6. The van der Waals surface area contributed by atoms with Crippen molar-refractivity contribution in [2.75, 3.05) is 4.90 Å². The predicted octanol–water partition coefficient (Wildman–Crippen LogP) is 5.31. The number of hydrogen-bond donors (Lipinski definition) is 2. The smallest absolute Gasteiger partial charge is 0.419 e. The summed E-state index contributed by atoms with van der Waals surface area (Å²) < 4.78 is 35.7. The van der Waals surface area contributed by atoms with Crippen molar-refractivity contribution in [3.63, 3.8) is 0 Å². The number of nitrogens with zero attached hydrogens (tertiary/aromatic N) is 2. The molecular formula is C21H11Cl2F2N3O6. The average Bonchev–Trinajstić information content (AvgIpc) is 3.14. The highest BCUT2D eigenvalue weighted by atomic mass is 35.5. The Bertz CT molecular complexity index is 1470. The fourth-order valence-electron chi connectivity index (χ4n) is 3.42. The quantitative estimate of drug-likeness (QED) is 0.371. The first-order valence-electron chi connectivity index (χ1n) is 9.20. The van der Waals surface area contributed by atoms with E-state index >= 15 is 0 Å². The number of alkyl halides is 2. The maximum Gasteiger partial charge on any atom is 0.419 e. The van der Waals surface area contributed by atoms with Crippen LogP contribution in [0.15, 0.2) is 47.1 Å². The fourth-order valence-corrected chi connectivity index (χ4v) is 3.95. The molecule has 0 atom stereocenters. The molecule has 2 aromatic heterocycles. The van der Waals surface area contributed by atoms with E-state index in [0.29, 0.717) is 4.90 Å². The number of anilines is 1. The van der Waals surface area contributed by atoms with E-state index in [-0.39, 0.29) is 54.5 Å². The maximum absolute atomic E-state index is 13.2. The molecule has 4 rings (SSSR count). The van der Waals surface area contributed by atoms with E-state index < -0.39 is 24.5 Å². The van der Waals surface area contributed by atoms with Gasteiger partial charge < -0.3 is 20.0 Å². The molecule has 2 aromatic carbocycles. The number of nitrogens with two attached hydrogens (primary N) is 1. The zero-order chi connectivity index (χ0) is 24.7. The summed E-state index contributed by atoms with van der Waals surface area (Å²) in [7, 11) is 0. The predicted molar refractivity (Wildman–Crippen MR) is 118 cm³/mol. The van der Waals surface area contributed by atoms with Crippen LogP contribution in [0.5, 0.6) is 5.75 Å². The van der Waals surface area contributed by atoms with E-state index in [1.165, 1.54) is 24.3 Å². The van der Waals surface area contributed by atoms with Gasteiger partial charge in [0.15, 0.2) is 11.3 Å². The van der Waals surface area contributed by atoms with Crippen LogP contribution in [-0.2, 0) is 0 Å². The van der Waals surface area contributed by atoms with Crippen LogP contribution in [0.3, 0.4) is 0 Å². The molecule has 0 spiro atoms. The van der Waals surface area contributed by atoms with Gasteiger partial charge >= 0.3 is 12.7 Å². The Kier molecular flexibility index (Phi) is 5.98. The molecule has 174 valence electrons. The first-order chi connectivity index (χ1) is 16.1. The van der Waals surface area contributed by atoms with Crippen molar-refractivity contribution in [2.45, 2.75) is 6.61 Å². The van der Waals surface area contributed by atoms with Crippen molar-refractivity contribution in [3.05, 3.63) is 63.9 Å². The molecule has 0 aliphatic carbocycles. The van der Waals surface area contributed by atoms with Gasteiger partial charge in [-0.15, -0.1) is 0 Å². The summed E-state index contributed by atoms with van der Waals surface area (Å²) in [5.74, 6) is -2.29. The lowest BCUT2D eigenvalue weighted by Crippen LogP contribution is -2.36. The Balaban J connectivity index is 1.93. The van der Waals surface area contributed by atoms with Gasteiger partial charge in [0.05, 0.1) is 21.3 Å². The minimum absolute atomic E-state index is 0.0113. The van der Waals surface area contributed by atoms with Gasteiger partial charge in [-0.05, 0) is 30.3 Å². The molecule has 2 heterocycles. The SMILES string of the molecule is NC(=O)c1ccc(OC(F)F)c2oc3ccc(C(=O)N(C(=O)O)c4c(Cl)cncc4Cl)cc3c12. The Morgan fingerprint density at radius 3 is 2.38 bits per heavy atom. The third-order valence-electron chi connectivity index (χ3n) is 4.76. The van der Waals surface area contributed by atoms with E-state index in [1.54, 1.807) is 0 Å². The van der Waals surface area contributed by atoms with Crippen LogP contribution in [0.2, 0.25) is 10.0 Å². The first-order valence-corrected chi connectivity index (χ1v) is 9.96. The number of aromatic nitrogens is 1. The van der Waals surface area contributed by atoms with Gasteiger partial charge in [0.25, 0.3) is 5.91 Å². The second-order valence-electron chi connectivity index (χ2n) is 6.75. The molecule has 0 radical (unpaired) electrons. The lowest BCUT2D eigenvalue weighted by Gasteiger charge is -2.19. The minimum Gasteiger partial charge on any atom is -0.464 e. The van der Waals surface area contributed by atoms with Crippen molar-refractivity contribution in [3.8, 4) is 5.75 Å². The molecule has 0 bridgehead atoms. The summed E-state index contributed by atoms with van der Waals surface area (Å²) >= 11 is 12.0. The number of primary amides is 1. The number of carbonyl (C=O) groups is 3. The summed E-state index contributed by atoms with van der Waals surface area (Å²) in [6.07, 6.45) is 0.549. The lowest BCUT2D eigenvalue weighted by atomic mass is 10.0. The van der Waals surface area contributed by atoms with E-state index in [4.69, 9.17) is 33.4 Å². The fraction of sp³-hybridized carbons (Fsp3) is 0.0476. The molecule has 0 saturated heterocycles. The largest absolute Gasteiger partial charge is 0.464 e. The Morgan fingerprint density at radius 2 is 1.79 bits per heavy atom. The van der Waals surface area contributed by atoms with Crippen molar-refractivity contribution < 1.29 is 37.4 Å². The van der Waals surface area contributed by atoms with Crippen molar-refractivity contribution in [2.24, 2.45) is 5.73 Å². The summed E-state index contributed by atoms with van der Waals surface area (Å²) in [4.78, 5) is 41.1. The van der Waals surface area contributed by atoms with Gasteiger partial charge in [0, 0.05) is 28.7 Å². The number of fused-ring (bicyclic) bond motifs is 3. The van der Waals surface area contributed by atoms with Crippen molar-refractivity contribution >= 4 is 68.7 Å². The number of ether oxygens (including phenoxy) is 1. The molecule has 34 heavy (non-hydrogen) atoms. The number of carboxylic acid groups (broad SMARTS) is 1. The van der Waals surface area contributed by atoms with E-state index in [0.717, 1.165) is 18.5 Å². The summed E-state index contributed by atoms with van der Waals surface area (Å²) in [5.41, 5.74) is 4.75. The number of furan rings is 1. The van der Waals surface area contributed by atoms with E-state index in [2.05, 4.69) is 9.72 Å². The van der Waals surface area contributed by atoms with Crippen LogP contribution in [0.4, 0.5) is 19.3 Å². The first kappa shape index (κ1) is 23.2. The van der Waals surface area contributed by atoms with Gasteiger partial charge in [0.2, 0.25) is 5.91 Å². The molecule has 0 aliphatic rings. The molecule has 0 saturated carbocycles. The van der Waals surface area contributed by atoms with Gasteiger partial charge in [-0.25, -0.2) is 9.69 Å². The molecule has 3 N–H and O–H groups in total. The molecule has 0 fully saturated rings. The Hall–Kier alpha value is -3.96. The van der Waals surface area contributed by atoms with Gasteiger partial charge in [-0.3, -0.25) is 14.6 Å². The number of rotatable bonds is 5. The number of carbonyl (C=O) groups excluding carboxylic acids is 2. The average molecular weight is 510 g/mol. The van der Waals surface area contributed by atoms with Crippen molar-refractivity contribution in [1.29, 1.82) is 0 Å². The van der Waals surface area contributed by atoms with Gasteiger partial charge in [-0.1, -0.05) is 23.2 Å². The number of imide groups is 1. The molecule has 0 aliphatic heterocycles. The standard InChI is InChI=1S/C21H11Cl2F2N3O6/c22-11-6-27-7-12(23)16(11)28(21(31)32)19(30)8-1-3-13-10(5-8)15-9(18(26)29)2-4-14(17(15)33-13)34-20(24)25/h1-7,20H,(H2,26,29)(H,31,32). The summed E-state index contributed by atoms with van der Waals surface area (Å²) in [6.45, 7) is -3.17. The van der Waals surface area contributed by atoms with E-state index in [1.807, 2.05) is 0 Å². The molecule has 0 unspecified atom stereocenters. The normalized spacial score (nSPS) is 11.2. The molecular weight excluding hydrogens is 499 g/mol. The second-order valence-corrected chi connectivity index (χ2v) is 7.56. The monoisotopic (exact) mass is 509 g/mol. The van der Waals surface area contributed by atoms with Crippen LogP contribution < -0.4 is 15.4 Å². The molecule has 4 aromatic rings. The van der Waals surface area contributed by atoms with Crippen molar-refractivity contribution in [1.82, 2.24) is 4.98 Å².